The predicted molar refractivity (Wildman–Crippen MR) is 68.3 cm³/mol. The van der Waals surface area contributed by atoms with Crippen LogP contribution in [0.25, 0.3) is 0 Å². The summed E-state index contributed by atoms with van der Waals surface area (Å²) in [4.78, 5) is 17.7. The van der Waals surface area contributed by atoms with Crippen molar-refractivity contribution in [2.24, 2.45) is 0 Å². The monoisotopic (exact) mass is 355 g/mol. The highest BCUT2D eigenvalue weighted by molar-refractivity contribution is 14.1. The van der Waals surface area contributed by atoms with E-state index in [1.54, 1.807) is 0 Å². The van der Waals surface area contributed by atoms with E-state index in [9.17, 15) is 13.2 Å². The van der Waals surface area contributed by atoms with Gasteiger partial charge < -0.3 is 10.3 Å². The predicted octanol–water partition coefficient (Wildman–Crippen LogP) is -0.0265. The molecule has 0 aliphatic carbocycles. The molecule has 1 aromatic rings. The maximum Gasteiger partial charge on any atom is 0.266 e. The molecule has 0 bridgehead atoms. The number of rotatable bonds is 2. The molecule has 0 spiro atoms. The number of H-pyrrole nitrogens is 1. The first kappa shape index (κ1) is 11.8. The van der Waals surface area contributed by atoms with Crippen molar-refractivity contribution in [2.45, 2.75) is 12.5 Å². The molecule has 0 amide bonds. The van der Waals surface area contributed by atoms with Gasteiger partial charge in [0.05, 0.1) is 17.8 Å². The largest absolute Gasteiger partial charge is 0.365 e. The topological polar surface area (TPSA) is 91.9 Å². The number of nitrogens with one attached hydrogen (secondary N) is 2. The van der Waals surface area contributed by atoms with E-state index >= 15 is 0 Å². The molecule has 1 fully saturated rings. The highest BCUT2D eigenvalue weighted by Crippen LogP contribution is 2.17. The maximum atomic E-state index is 11.3. The molecular formula is C8H10IN3O3S. The van der Waals surface area contributed by atoms with E-state index < -0.39 is 9.84 Å². The standard InChI is InChI=1S/C8H10IN3O3S/c9-6-7(10-4-11-8(6)13)12-5-1-2-16(14,15)3-5/h4-5H,1-3H2,(H2,10,11,12,13). The first-order valence-corrected chi connectivity index (χ1v) is 7.58. The fraction of sp³-hybridized carbons (Fsp3) is 0.500. The zero-order chi connectivity index (χ0) is 11.8. The lowest BCUT2D eigenvalue weighted by molar-refractivity contribution is 0.602. The fourth-order valence-electron chi connectivity index (χ4n) is 1.59. The number of hydrogen-bond acceptors (Lipinski definition) is 5. The van der Waals surface area contributed by atoms with E-state index in [1.807, 2.05) is 22.6 Å². The SMILES string of the molecule is O=c1[nH]cnc(NC2CCS(=O)(=O)C2)c1I. The third-order valence-electron chi connectivity index (χ3n) is 2.37. The Bertz CT molecular complexity index is 554. The molecule has 0 saturated carbocycles. The Balaban J connectivity index is 2.17. The minimum Gasteiger partial charge on any atom is -0.365 e. The molecular weight excluding hydrogens is 345 g/mol. The van der Waals surface area contributed by atoms with Crippen molar-refractivity contribution in [1.82, 2.24) is 9.97 Å². The molecule has 2 N–H and O–H groups in total. The van der Waals surface area contributed by atoms with Gasteiger partial charge in [0.2, 0.25) is 0 Å². The summed E-state index contributed by atoms with van der Waals surface area (Å²) in [5.74, 6) is 0.758. The molecule has 2 rings (SSSR count). The van der Waals surface area contributed by atoms with Crippen molar-refractivity contribution in [3.63, 3.8) is 0 Å². The number of sulfone groups is 1. The van der Waals surface area contributed by atoms with Crippen LogP contribution in [-0.4, -0.2) is 35.9 Å². The first-order chi connectivity index (χ1) is 7.48. The van der Waals surface area contributed by atoms with E-state index in [0.29, 0.717) is 15.8 Å². The number of hydrogen-bond donors (Lipinski definition) is 2. The molecule has 0 radical (unpaired) electrons. The summed E-state index contributed by atoms with van der Waals surface area (Å²) in [6, 6.07) is -0.146. The average molecular weight is 355 g/mol. The van der Waals surface area contributed by atoms with Gasteiger partial charge in [-0.15, -0.1) is 0 Å². The molecule has 1 saturated heterocycles. The van der Waals surface area contributed by atoms with Crippen LogP contribution in [0.15, 0.2) is 11.1 Å². The van der Waals surface area contributed by atoms with E-state index in [1.165, 1.54) is 6.33 Å². The van der Waals surface area contributed by atoms with Crippen LogP contribution in [0.3, 0.4) is 0 Å². The third-order valence-corrected chi connectivity index (χ3v) is 5.14. The number of anilines is 1. The first-order valence-electron chi connectivity index (χ1n) is 4.68. The summed E-state index contributed by atoms with van der Waals surface area (Å²) >= 11 is 1.88. The third kappa shape index (κ3) is 2.54. The van der Waals surface area contributed by atoms with Gasteiger partial charge in [-0.1, -0.05) is 0 Å². The van der Waals surface area contributed by atoms with Gasteiger partial charge in [0, 0.05) is 6.04 Å². The lowest BCUT2D eigenvalue weighted by Crippen LogP contribution is -2.24. The molecule has 1 aliphatic heterocycles. The Morgan fingerprint density at radius 3 is 2.94 bits per heavy atom. The Morgan fingerprint density at radius 2 is 2.31 bits per heavy atom. The van der Waals surface area contributed by atoms with E-state index in [-0.39, 0.29) is 23.1 Å². The zero-order valence-corrected chi connectivity index (χ0v) is 11.2. The minimum absolute atomic E-state index is 0.109. The van der Waals surface area contributed by atoms with E-state index in [0.717, 1.165) is 0 Å². The van der Waals surface area contributed by atoms with Gasteiger partial charge in [-0.3, -0.25) is 4.79 Å². The van der Waals surface area contributed by atoms with Crippen molar-refractivity contribution >= 4 is 38.2 Å². The highest BCUT2D eigenvalue weighted by atomic mass is 127. The van der Waals surface area contributed by atoms with E-state index in [2.05, 4.69) is 15.3 Å². The summed E-state index contributed by atoms with van der Waals surface area (Å²) in [5, 5.41) is 2.99. The minimum atomic E-state index is -2.92. The van der Waals surface area contributed by atoms with Gasteiger partial charge in [0.15, 0.2) is 9.84 Å². The molecule has 8 heteroatoms. The van der Waals surface area contributed by atoms with Gasteiger partial charge in [-0.2, -0.15) is 0 Å². The molecule has 16 heavy (non-hydrogen) atoms. The van der Waals surface area contributed by atoms with Crippen LogP contribution in [0.2, 0.25) is 0 Å². The fourth-order valence-corrected chi connectivity index (χ4v) is 3.71. The van der Waals surface area contributed by atoms with Crippen molar-refractivity contribution in [3.8, 4) is 0 Å². The van der Waals surface area contributed by atoms with Crippen molar-refractivity contribution < 1.29 is 8.42 Å². The lowest BCUT2D eigenvalue weighted by atomic mass is 10.2. The molecule has 88 valence electrons. The molecule has 2 heterocycles. The molecule has 0 aromatic carbocycles. The summed E-state index contributed by atoms with van der Waals surface area (Å²) in [5.41, 5.74) is -0.223. The quantitative estimate of drug-likeness (QED) is 0.728. The molecule has 6 nitrogen and oxygen atoms in total. The van der Waals surface area contributed by atoms with E-state index in [4.69, 9.17) is 0 Å². The second kappa shape index (κ2) is 4.32. The van der Waals surface area contributed by atoms with Gasteiger partial charge in [-0.25, -0.2) is 13.4 Å². The van der Waals surface area contributed by atoms with Crippen LogP contribution in [0, 0.1) is 3.57 Å². The van der Waals surface area contributed by atoms with Crippen LogP contribution in [-0.2, 0) is 9.84 Å². The van der Waals surface area contributed by atoms with Crippen LogP contribution in [0.4, 0.5) is 5.82 Å². The number of halogens is 1. The molecule has 1 atom stereocenters. The summed E-state index contributed by atoms with van der Waals surface area (Å²) in [7, 11) is -2.92. The highest BCUT2D eigenvalue weighted by Gasteiger charge is 2.28. The summed E-state index contributed by atoms with van der Waals surface area (Å²) < 4.78 is 23.0. The normalized spacial score (nSPS) is 23.2. The smallest absolute Gasteiger partial charge is 0.266 e. The maximum absolute atomic E-state index is 11.3. The number of nitrogens with zero attached hydrogens (tertiary/aromatic N) is 1. The molecule has 1 unspecified atom stereocenters. The number of aromatic nitrogens is 2. The zero-order valence-electron chi connectivity index (χ0n) is 8.23. The van der Waals surface area contributed by atoms with Crippen molar-refractivity contribution in [1.29, 1.82) is 0 Å². The molecule has 1 aromatic heterocycles. The average Bonchev–Trinajstić information content (AvgIpc) is 2.53. The summed E-state index contributed by atoms with van der Waals surface area (Å²) in [6.07, 6.45) is 1.86. The Kier molecular flexibility index (Phi) is 3.19. The van der Waals surface area contributed by atoms with Crippen LogP contribution < -0.4 is 10.9 Å². The lowest BCUT2D eigenvalue weighted by Gasteiger charge is -2.11. The summed E-state index contributed by atoms with van der Waals surface area (Å²) in [6.45, 7) is 0. The van der Waals surface area contributed by atoms with Crippen LogP contribution in [0.5, 0.6) is 0 Å². The van der Waals surface area contributed by atoms with Crippen molar-refractivity contribution in [3.05, 3.63) is 20.3 Å². The van der Waals surface area contributed by atoms with Crippen LogP contribution >= 0.6 is 22.6 Å². The second-order valence-corrected chi connectivity index (χ2v) is 6.95. The Hall–Kier alpha value is -0.640. The van der Waals surface area contributed by atoms with Crippen molar-refractivity contribution in [2.75, 3.05) is 16.8 Å². The van der Waals surface area contributed by atoms with Crippen LogP contribution in [0.1, 0.15) is 6.42 Å². The Labute approximate surface area is 106 Å². The van der Waals surface area contributed by atoms with Gasteiger partial charge in [-0.05, 0) is 29.0 Å². The Morgan fingerprint density at radius 1 is 1.56 bits per heavy atom. The van der Waals surface area contributed by atoms with Gasteiger partial charge in [0.1, 0.15) is 9.39 Å². The second-order valence-electron chi connectivity index (χ2n) is 3.64. The van der Waals surface area contributed by atoms with Gasteiger partial charge >= 0.3 is 0 Å². The van der Waals surface area contributed by atoms with Gasteiger partial charge in [0.25, 0.3) is 5.56 Å². The molecule has 1 aliphatic rings. The number of aromatic amines is 1.